The molecule has 0 bridgehead atoms. The standard InChI is InChI=1S/C13H13N3O3/c1-9-3-2-4-10(7-9)15-11(17)8-16-12(18)5-6-14-13(16)19/h2-7H,8H2,1H3,(H,14,19)(H,15,17). The average molecular weight is 259 g/mol. The number of aryl methyl sites for hydroxylation is 1. The fourth-order valence-electron chi connectivity index (χ4n) is 1.67. The van der Waals surface area contributed by atoms with Crippen LogP contribution in [0.5, 0.6) is 0 Å². The van der Waals surface area contributed by atoms with Crippen molar-refractivity contribution in [1.82, 2.24) is 9.55 Å². The van der Waals surface area contributed by atoms with Gasteiger partial charge in [-0.3, -0.25) is 14.2 Å². The van der Waals surface area contributed by atoms with E-state index in [1.807, 2.05) is 19.1 Å². The molecule has 0 fully saturated rings. The van der Waals surface area contributed by atoms with E-state index in [1.54, 1.807) is 12.1 Å². The van der Waals surface area contributed by atoms with E-state index in [1.165, 1.54) is 12.3 Å². The normalized spacial score (nSPS) is 10.2. The summed E-state index contributed by atoms with van der Waals surface area (Å²) in [5, 5.41) is 2.63. The Morgan fingerprint density at radius 1 is 1.32 bits per heavy atom. The third-order valence-electron chi connectivity index (χ3n) is 2.55. The molecular weight excluding hydrogens is 246 g/mol. The summed E-state index contributed by atoms with van der Waals surface area (Å²) in [4.78, 5) is 37.0. The van der Waals surface area contributed by atoms with E-state index in [0.29, 0.717) is 5.69 Å². The van der Waals surface area contributed by atoms with Gasteiger partial charge in [0.1, 0.15) is 6.54 Å². The van der Waals surface area contributed by atoms with Crippen molar-refractivity contribution in [1.29, 1.82) is 0 Å². The molecule has 1 amide bonds. The lowest BCUT2D eigenvalue weighted by Gasteiger charge is -2.06. The minimum absolute atomic E-state index is 0.317. The third kappa shape index (κ3) is 3.19. The number of anilines is 1. The number of benzene rings is 1. The zero-order valence-corrected chi connectivity index (χ0v) is 10.3. The number of hydrogen-bond donors (Lipinski definition) is 2. The second-order valence-corrected chi connectivity index (χ2v) is 4.12. The van der Waals surface area contributed by atoms with Crippen molar-refractivity contribution in [2.75, 3.05) is 5.32 Å². The van der Waals surface area contributed by atoms with Crippen molar-refractivity contribution in [2.45, 2.75) is 13.5 Å². The van der Waals surface area contributed by atoms with Crippen LogP contribution in [0.25, 0.3) is 0 Å². The van der Waals surface area contributed by atoms with Gasteiger partial charge in [0, 0.05) is 18.0 Å². The van der Waals surface area contributed by atoms with Gasteiger partial charge in [-0.15, -0.1) is 0 Å². The average Bonchev–Trinajstić information content (AvgIpc) is 2.34. The van der Waals surface area contributed by atoms with E-state index in [4.69, 9.17) is 0 Å². The number of aromatic nitrogens is 2. The lowest BCUT2D eigenvalue weighted by molar-refractivity contribution is -0.116. The molecule has 98 valence electrons. The van der Waals surface area contributed by atoms with Crippen LogP contribution in [0.1, 0.15) is 5.56 Å². The Labute approximate surface area is 108 Å². The molecule has 0 spiro atoms. The van der Waals surface area contributed by atoms with Gasteiger partial charge >= 0.3 is 5.69 Å². The number of nitrogens with one attached hydrogen (secondary N) is 2. The molecule has 1 aromatic carbocycles. The highest BCUT2D eigenvalue weighted by Crippen LogP contribution is 2.09. The Morgan fingerprint density at radius 2 is 2.11 bits per heavy atom. The number of nitrogens with zero attached hydrogens (tertiary/aromatic N) is 1. The zero-order chi connectivity index (χ0) is 13.8. The Hall–Kier alpha value is -2.63. The molecule has 1 heterocycles. The number of carbonyl (C=O) groups is 1. The molecular formula is C13H13N3O3. The monoisotopic (exact) mass is 259 g/mol. The number of aromatic amines is 1. The van der Waals surface area contributed by atoms with Crippen molar-refractivity contribution in [3.05, 3.63) is 62.9 Å². The topological polar surface area (TPSA) is 84.0 Å². The summed E-state index contributed by atoms with van der Waals surface area (Å²) >= 11 is 0. The minimum atomic E-state index is -0.605. The summed E-state index contributed by atoms with van der Waals surface area (Å²) < 4.78 is 0.838. The van der Waals surface area contributed by atoms with E-state index in [0.717, 1.165) is 10.1 Å². The maximum atomic E-state index is 11.8. The molecule has 6 nitrogen and oxygen atoms in total. The highest BCUT2D eigenvalue weighted by molar-refractivity contribution is 5.90. The first kappa shape index (κ1) is 12.8. The maximum Gasteiger partial charge on any atom is 0.328 e. The summed E-state index contributed by atoms with van der Waals surface area (Å²) in [6.45, 7) is 1.59. The van der Waals surface area contributed by atoms with Gasteiger partial charge in [-0.1, -0.05) is 12.1 Å². The molecule has 19 heavy (non-hydrogen) atoms. The van der Waals surface area contributed by atoms with Gasteiger partial charge < -0.3 is 10.3 Å². The van der Waals surface area contributed by atoms with Crippen molar-refractivity contribution >= 4 is 11.6 Å². The molecule has 0 atom stereocenters. The molecule has 1 aromatic heterocycles. The highest BCUT2D eigenvalue weighted by Gasteiger charge is 2.07. The molecule has 6 heteroatoms. The summed E-state index contributed by atoms with van der Waals surface area (Å²) in [7, 11) is 0. The van der Waals surface area contributed by atoms with Gasteiger partial charge in [0.25, 0.3) is 5.56 Å². The quantitative estimate of drug-likeness (QED) is 0.841. The Bertz CT molecular complexity index is 687. The fraction of sp³-hybridized carbons (Fsp3) is 0.154. The van der Waals surface area contributed by atoms with Gasteiger partial charge in [0.2, 0.25) is 5.91 Å². The zero-order valence-electron chi connectivity index (χ0n) is 10.3. The Kier molecular flexibility index (Phi) is 3.61. The first-order valence-electron chi connectivity index (χ1n) is 5.71. The van der Waals surface area contributed by atoms with Crippen LogP contribution in [0.3, 0.4) is 0 Å². The van der Waals surface area contributed by atoms with Crippen LogP contribution < -0.4 is 16.6 Å². The smallest absolute Gasteiger partial charge is 0.325 e. The predicted octanol–water partition coefficient (Wildman–Crippen LogP) is 0.484. The SMILES string of the molecule is Cc1cccc(NC(=O)Cn2c(=O)cc[nH]c2=O)c1. The third-order valence-corrected chi connectivity index (χ3v) is 2.55. The maximum absolute atomic E-state index is 11.8. The van der Waals surface area contributed by atoms with E-state index in [2.05, 4.69) is 10.3 Å². The van der Waals surface area contributed by atoms with Crippen LogP contribution in [0.2, 0.25) is 0 Å². The van der Waals surface area contributed by atoms with Crippen LogP contribution in [-0.4, -0.2) is 15.5 Å². The summed E-state index contributed by atoms with van der Waals surface area (Å²) in [5.41, 5.74) is 0.521. The molecule has 0 saturated carbocycles. The number of amides is 1. The molecule has 0 unspecified atom stereocenters. The molecule has 0 aliphatic rings. The Balaban J connectivity index is 2.14. The number of H-pyrrole nitrogens is 1. The van der Waals surface area contributed by atoms with Crippen molar-refractivity contribution in [3.8, 4) is 0 Å². The molecule has 0 saturated heterocycles. The van der Waals surface area contributed by atoms with Gasteiger partial charge in [-0.25, -0.2) is 4.79 Å². The molecule has 2 aromatic rings. The van der Waals surface area contributed by atoms with Crippen LogP contribution in [0.4, 0.5) is 5.69 Å². The fourth-order valence-corrected chi connectivity index (χ4v) is 1.67. The predicted molar refractivity (Wildman–Crippen MR) is 71.1 cm³/mol. The first-order valence-corrected chi connectivity index (χ1v) is 5.71. The van der Waals surface area contributed by atoms with Gasteiger partial charge in [-0.2, -0.15) is 0 Å². The first-order chi connectivity index (χ1) is 9.06. The van der Waals surface area contributed by atoms with Gasteiger partial charge in [0.05, 0.1) is 0 Å². The van der Waals surface area contributed by atoms with Crippen LogP contribution in [-0.2, 0) is 11.3 Å². The molecule has 0 radical (unpaired) electrons. The Morgan fingerprint density at radius 3 is 2.79 bits per heavy atom. The van der Waals surface area contributed by atoms with E-state index in [-0.39, 0.29) is 6.54 Å². The van der Waals surface area contributed by atoms with Crippen LogP contribution >= 0.6 is 0 Å². The number of carbonyl (C=O) groups excluding carboxylic acids is 1. The van der Waals surface area contributed by atoms with Gasteiger partial charge in [0.15, 0.2) is 0 Å². The number of hydrogen-bond acceptors (Lipinski definition) is 3. The lowest BCUT2D eigenvalue weighted by atomic mass is 10.2. The lowest BCUT2D eigenvalue weighted by Crippen LogP contribution is -2.37. The summed E-state index contributed by atoms with van der Waals surface area (Å²) in [5.74, 6) is -0.426. The minimum Gasteiger partial charge on any atom is -0.325 e. The number of rotatable bonds is 3. The highest BCUT2D eigenvalue weighted by atomic mass is 16.2. The van der Waals surface area contributed by atoms with E-state index in [9.17, 15) is 14.4 Å². The molecule has 0 aliphatic heterocycles. The van der Waals surface area contributed by atoms with Crippen molar-refractivity contribution < 1.29 is 4.79 Å². The van der Waals surface area contributed by atoms with Crippen molar-refractivity contribution in [2.24, 2.45) is 0 Å². The van der Waals surface area contributed by atoms with E-state index >= 15 is 0 Å². The molecule has 2 rings (SSSR count). The largest absolute Gasteiger partial charge is 0.328 e. The van der Waals surface area contributed by atoms with Crippen LogP contribution in [0, 0.1) is 6.92 Å². The van der Waals surface area contributed by atoms with Crippen molar-refractivity contribution in [3.63, 3.8) is 0 Å². The molecule has 2 N–H and O–H groups in total. The summed E-state index contributed by atoms with van der Waals surface area (Å²) in [6.07, 6.45) is 1.25. The van der Waals surface area contributed by atoms with Crippen LogP contribution in [0.15, 0.2) is 46.1 Å². The summed E-state index contributed by atoms with van der Waals surface area (Å²) in [6, 6.07) is 8.45. The van der Waals surface area contributed by atoms with E-state index < -0.39 is 17.2 Å². The molecule has 0 aliphatic carbocycles. The van der Waals surface area contributed by atoms with Gasteiger partial charge in [-0.05, 0) is 24.6 Å². The second-order valence-electron chi connectivity index (χ2n) is 4.12. The second kappa shape index (κ2) is 5.34.